The number of nitrogens with zero attached hydrogens (tertiary/aromatic N) is 2. The second-order valence-corrected chi connectivity index (χ2v) is 5.46. The Kier molecular flexibility index (Phi) is 2.37. The van der Waals surface area contributed by atoms with Gasteiger partial charge in [-0.15, -0.1) is 0 Å². The van der Waals surface area contributed by atoms with Gasteiger partial charge in [-0.2, -0.15) is 9.61 Å². The molecule has 4 heteroatoms. The number of rotatable bonds is 1. The second-order valence-electron chi connectivity index (χ2n) is 5.46. The molecule has 2 aromatic rings. The van der Waals surface area contributed by atoms with Crippen molar-refractivity contribution in [2.45, 2.75) is 34.1 Å². The first-order chi connectivity index (χ1) is 7.37. The Morgan fingerprint density at radius 1 is 1.44 bits per heavy atom. The lowest BCUT2D eigenvalue weighted by Crippen LogP contribution is -2.18. The highest BCUT2D eigenvalue weighted by atomic mass is 16.1. The van der Waals surface area contributed by atoms with Gasteiger partial charge in [-0.1, -0.05) is 20.8 Å². The van der Waals surface area contributed by atoms with Crippen molar-refractivity contribution in [3.05, 3.63) is 33.9 Å². The lowest BCUT2D eigenvalue weighted by molar-refractivity contribution is 0.406. The molecule has 0 unspecified atom stereocenters. The van der Waals surface area contributed by atoms with Crippen LogP contribution in [0.3, 0.4) is 0 Å². The molecule has 0 radical (unpaired) electrons. The van der Waals surface area contributed by atoms with Crippen LogP contribution in [0.1, 0.15) is 32.0 Å². The standard InChI is InChI=1S/C12H17N3O/c1-8-7-13-15-10(16)5-9(14-11(8)15)6-12(2,3)4/h5,7,14H,6H2,1-4H3. The van der Waals surface area contributed by atoms with Gasteiger partial charge in [0.15, 0.2) is 0 Å². The van der Waals surface area contributed by atoms with Crippen LogP contribution >= 0.6 is 0 Å². The zero-order valence-corrected chi connectivity index (χ0v) is 10.2. The summed E-state index contributed by atoms with van der Waals surface area (Å²) < 4.78 is 1.40. The van der Waals surface area contributed by atoms with Gasteiger partial charge >= 0.3 is 0 Å². The minimum atomic E-state index is -0.0684. The van der Waals surface area contributed by atoms with E-state index in [-0.39, 0.29) is 11.0 Å². The molecule has 0 aliphatic heterocycles. The molecule has 0 aromatic carbocycles. The van der Waals surface area contributed by atoms with Gasteiger partial charge in [-0.25, -0.2) is 0 Å². The van der Waals surface area contributed by atoms with Crippen LogP contribution in [0.25, 0.3) is 5.65 Å². The van der Waals surface area contributed by atoms with E-state index in [4.69, 9.17) is 0 Å². The predicted octanol–water partition coefficient (Wildman–Crippen LogP) is 1.92. The quantitative estimate of drug-likeness (QED) is 0.796. The van der Waals surface area contributed by atoms with Crippen LogP contribution in [0.2, 0.25) is 0 Å². The number of H-pyrrole nitrogens is 1. The van der Waals surface area contributed by atoms with Gasteiger partial charge in [-0.05, 0) is 18.8 Å². The Hall–Kier alpha value is -1.58. The van der Waals surface area contributed by atoms with E-state index in [1.807, 2.05) is 6.92 Å². The molecule has 0 amide bonds. The first-order valence-corrected chi connectivity index (χ1v) is 5.43. The maximum Gasteiger partial charge on any atom is 0.274 e. The van der Waals surface area contributed by atoms with Crippen molar-refractivity contribution in [1.82, 2.24) is 14.6 Å². The maximum absolute atomic E-state index is 11.8. The molecule has 2 heterocycles. The molecule has 0 fully saturated rings. The SMILES string of the molecule is Cc1cnn2c(=O)cc(CC(C)(C)C)[nH]c12. The van der Waals surface area contributed by atoms with Gasteiger partial charge in [-0.3, -0.25) is 4.79 Å². The summed E-state index contributed by atoms with van der Waals surface area (Å²) in [6.45, 7) is 8.40. The van der Waals surface area contributed by atoms with Gasteiger partial charge in [0.2, 0.25) is 0 Å². The van der Waals surface area contributed by atoms with E-state index in [1.54, 1.807) is 12.3 Å². The maximum atomic E-state index is 11.8. The third-order valence-corrected chi connectivity index (χ3v) is 2.46. The van der Waals surface area contributed by atoms with Gasteiger partial charge in [0.25, 0.3) is 5.56 Å². The molecule has 4 nitrogen and oxygen atoms in total. The molecule has 0 saturated heterocycles. The molecule has 0 aliphatic carbocycles. The number of hydrogen-bond acceptors (Lipinski definition) is 2. The van der Waals surface area contributed by atoms with E-state index in [2.05, 4.69) is 30.9 Å². The summed E-state index contributed by atoms with van der Waals surface area (Å²) in [7, 11) is 0. The summed E-state index contributed by atoms with van der Waals surface area (Å²) in [6, 6.07) is 1.63. The normalized spacial score (nSPS) is 12.2. The first-order valence-electron chi connectivity index (χ1n) is 5.43. The lowest BCUT2D eigenvalue weighted by atomic mass is 9.90. The Morgan fingerprint density at radius 2 is 2.12 bits per heavy atom. The molecule has 0 saturated carbocycles. The molecular weight excluding hydrogens is 202 g/mol. The second kappa shape index (κ2) is 3.47. The van der Waals surface area contributed by atoms with Crippen molar-refractivity contribution in [3.63, 3.8) is 0 Å². The van der Waals surface area contributed by atoms with Crippen LogP contribution in [-0.4, -0.2) is 14.6 Å². The lowest BCUT2D eigenvalue weighted by Gasteiger charge is -2.17. The number of aryl methyl sites for hydroxylation is 1. The van der Waals surface area contributed by atoms with Crippen molar-refractivity contribution in [2.24, 2.45) is 5.41 Å². The summed E-state index contributed by atoms with van der Waals surface area (Å²) in [5, 5.41) is 4.03. The predicted molar refractivity (Wildman–Crippen MR) is 63.7 cm³/mol. The fourth-order valence-electron chi connectivity index (χ4n) is 1.81. The van der Waals surface area contributed by atoms with E-state index in [1.165, 1.54) is 4.52 Å². The largest absolute Gasteiger partial charge is 0.343 e. The smallest absolute Gasteiger partial charge is 0.274 e. The highest BCUT2D eigenvalue weighted by Gasteiger charge is 2.13. The Labute approximate surface area is 94.3 Å². The van der Waals surface area contributed by atoms with Crippen LogP contribution < -0.4 is 5.56 Å². The Morgan fingerprint density at radius 3 is 2.75 bits per heavy atom. The number of aromatic amines is 1. The van der Waals surface area contributed by atoms with E-state index in [0.29, 0.717) is 0 Å². The zero-order valence-electron chi connectivity index (χ0n) is 10.2. The number of aromatic nitrogens is 3. The van der Waals surface area contributed by atoms with Crippen molar-refractivity contribution >= 4 is 5.65 Å². The van der Waals surface area contributed by atoms with Crippen LogP contribution in [0, 0.1) is 12.3 Å². The van der Waals surface area contributed by atoms with Crippen molar-refractivity contribution in [3.8, 4) is 0 Å². The average Bonchev–Trinajstić information content (AvgIpc) is 2.45. The highest BCUT2D eigenvalue weighted by molar-refractivity contribution is 5.45. The third-order valence-electron chi connectivity index (χ3n) is 2.46. The van der Waals surface area contributed by atoms with Crippen LogP contribution in [0.5, 0.6) is 0 Å². The minimum absolute atomic E-state index is 0.0684. The van der Waals surface area contributed by atoms with Gasteiger partial charge in [0.05, 0.1) is 6.20 Å². The monoisotopic (exact) mass is 219 g/mol. The summed E-state index contributed by atoms with van der Waals surface area (Å²) in [5.74, 6) is 0. The third kappa shape index (κ3) is 2.01. The molecule has 2 rings (SSSR count). The van der Waals surface area contributed by atoms with Crippen molar-refractivity contribution in [2.75, 3.05) is 0 Å². The fraction of sp³-hybridized carbons (Fsp3) is 0.500. The molecule has 86 valence electrons. The summed E-state index contributed by atoms with van der Waals surface area (Å²) in [4.78, 5) is 15.1. The van der Waals surface area contributed by atoms with E-state index < -0.39 is 0 Å². The summed E-state index contributed by atoms with van der Waals surface area (Å²) in [5.41, 5.74) is 2.85. The van der Waals surface area contributed by atoms with Gasteiger partial charge < -0.3 is 4.98 Å². The zero-order chi connectivity index (χ0) is 11.9. The molecule has 16 heavy (non-hydrogen) atoms. The van der Waals surface area contributed by atoms with Crippen molar-refractivity contribution < 1.29 is 0 Å². The first kappa shape index (κ1) is 10.9. The Balaban J connectivity index is 2.57. The van der Waals surface area contributed by atoms with E-state index in [9.17, 15) is 4.79 Å². The van der Waals surface area contributed by atoms with Crippen LogP contribution in [0.4, 0.5) is 0 Å². The van der Waals surface area contributed by atoms with Gasteiger partial charge in [0, 0.05) is 17.3 Å². The summed E-state index contributed by atoms with van der Waals surface area (Å²) >= 11 is 0. The van der Waals surface area contributed by atoms with Crippen LogP contribution in [-0.2, 0) is 6.42 Å². The van der Waals surface area contributed by atoms with Crippen LogP contribution in [0.15, 0.2) is 17.1 Å². The molecule has 2 aromatic heterocycles. The Bertz CT molecular complexity index is 572. The molecule has 0 spiro atoms. The van der Waals surface area contributed by atoms with E-state index in [0.717, 1.165) is 23.3 Å². The molecular formula is C12H17N3O. The van der Waals surface area contributed by atoms with Crippen molar-refractivity contribution in [1.29, 1.82) is 0 Å². The highest BCUT2D eigenvalue weighted by Crippen LogP contribution is 2.19. The minimum Gasteiger partial charge on any atom is -0.343 e. The topological polar surface area (TPSA) is 50.2 Å². The van der Waals surface area contributed by atoms with Gasteiger partial charge in [0.1, 0.15) is 5.65 Å². The number of nitrogens with one attached hydrogen (secondary N) is 1. The molecule has 0 bridgehead atoms. The average molecular weight is 219 g/mol. The number of hydrogen-bond donors (Lipinski definition) is 1. The summed E-state index contributed by atoms with van der Waals surface area (Å²) in [6.07, 6.45) is 2.55. The molecule has 0 atom stereocenters. The fourth-order valence-corrected chi connectivity index (χ4v) is 1.81. The number of fused-ring (bicyclic) bond motifs is 1. The molecule has 0 aliphatic rings. The molecule has 1 N–H and O–H groups in total. The van der Waals surface area contributed by atoms with E-state index >= 15 is 0 Å².